The molecule has 2 N–H and O–H groups in total. The molecule has 0 aromatic carbocycles. The van der Waals surface area contributed by atoms with E-state index in [1.54, 1.807) is 7.05 Å². The van der Waals surface area contributed by atoms with E-state index in [0.717, 1.165) is 36.3 Å². The second kappa shape index (κ2) is 9.25. The summed E-state index contributed by atoms with van der Waals surface area (Å²) in [6, 6.07) is 0. The molecule has 1 fully saturated rings. The average molecular weight is 375 g/mol. The number of aliphatic imine (C=N–C) groups is 1. The number of hydrogen-bond acceptors (Lipinski definition) is 4. The summed E-state index contributed by atoms with van der Waals surface area (Å²) in [5.41, 5.74) is 1.98. The van der Waals surface area contributed by atoms with Crippen molar-refractivity contribution in [2.45, 2.75) is 45.8 Å². The van der Waals surface area contributed by atoms with Gasteiger partial charge in [0, 0.05) is 38.7 Å². The highest BCUT2D eigenvalue weighted by Gasteiger charge is 2.34. The summed E-state index contributed by atoms with van der Waals surface area (Å²) >= 11 is 0. The molecule has 1 atom stereocenters. The van der Waals surface area contributed by atoms with E-state index in [2.05, 4.69) is 20.8 Å². The number of aromatic nitrogens is 1. The zero-order chi connectivity index (χ0) is 19.2. The summed E-state index contributed by atoms with van der Waals surface area (Å²) in [5, 5.41) is 10.5. The van der Waals surface area contributed by atoms with Gasteiger partial charge in [-0.25, -0.2) is 0 Å². The van der Waals surface area contributed by atoms with Gasteiger partial charge in [-0.3, -0.25) is 9.89 Å². The van der Waals surface area contributed by atoms with Crippen LogP contribution in [0.15, 0.2) is 9.52 Å². The lowest BCUT2D eigenvalue weighted by molar-refractivity contribution is -0.143. The van der Waals surface area contributed by atoms with Crippen LogP contribution in [0.1, 0.15) is 37.3 Å². The molecular weight excluding hydrogens is 347 g/mol. The quantitative estimate of drug-likeness (QED) is 0.566. The molecule has 1 aromatic rings. The molecule has 0 radical (unpaired) electrons. The second-order valence-corrected chi connectivity index (χ2v) is 6.55. The van der Waals surface area contributed by atoms with Crippen LogP contribution >= 0.6 is 0 Å². The summed E-state index contributed by atoms with van der Waals surface area (Å²) in [6.45, 7) is 5.31. The minimum Gasteiger partial charge on any atom is -0.361 e. The van der Waals surface area contributed by atoms with Gasteiger partial charge in [0.1, 0.15) is 5.76 Å². The standard InChI is InChI=1S/C17H28F3N5O/c1-4-14-13(15(5-2)26-24-14)9-23-16(21-3)22-8-12-6-7-25(10-12)11-17(18,19)20/h12H,4-11H2,1-3H3,(H2,21,22,23). The van der Waals surface area contributed by atoms with Gasteiger partial charge in [0.25, 0.3) is 0 Å². The number of nitrogens with zero attached hydrogens (tertiary/aromatic N) is 3. The number of aryl methyl sites for hydroxylation is 2. The molecule has 26 heavy (non-hydrogen) atoms. The third-order valence-electron chi connectivity index (χ3n) is 4.59. The van der Waals surface area contributed by atoms with E-state index < -0.39 is 12.7 Å². The fourth-order valence-electron chi connectivity index (χ4n) is 3.25. The molecule has 0 aliphatic carbocycles. The maximum Gasteiger partial charge on any atom is 0.401 e. The Labute approximate surface area is 152 Å². The molecule has 1 aromatic heterocycles. The van der Waals surface area contributed by atoms with Crippen molar-refractivity contribution in [2.75, 3.05) is 33.2 Å². The van der Waals surface area contributed by atoms with Gasteiger partial charge in [0.15, 0.2) is 5.96 Å². The Hall–Kier alpha value is -1.77. The van der Waals surface area contributed by atoms with Crippen molar-refractivity contribution in [2.24, 2.45) is 10.9 Å². The van der Waals surface area contributed by atoms with Crippen molar-refractivity contribution in [3.8, 4) is 0 Å². The van der Waals surface area contributed by atoms with Gasteiger partial charge in [0.2, 0.25) is 0 Å². The number of halogens is 3. The maximum atomic E-state index is 12.5. The largest absolute Gasteiger partial charge is 0.401 e. The number of nitrogens with one attached hydrogen (secondary N) is 2. The van der Waals surface area contributed by atoms with Gasteiger partial charge in [-0.15, -0.1) is 0 Å². The predicted octanol–water partition coefficient (Wildman–Crippen LogP) is 2.35. The highest BCUT2D eigenvalue weighted by atomic mass is 19.4. The highest BCUT2D eigenvalue weighted by molar-refractivity contribution is 5.79. The van der Waals surface area contributed by atoms with Gasteiger partial charge < -0.3 is 15.2 Å². The van der Waals surface area contributed by atoms with E-state index in [1.165, 1.54) is 4.90 Å². The highest BCUT2D eigenvalue weighted by Crippen LogP contribution is 2.22. The Kier molecular flexibility index (Phi) is 7.31. The third-order valence-corrected chi connectivity index (χ3v) is 4.59. The molecule has 0 spiro atoms. The van der Waals surface area contributed by atoms with E-state index in [0.29, 0.717) is 32.1 Å². The van der Waals surface area contributed by atoms with Crippen LogP contribution in [0, 0.1) is 5.92 Å². The van der Waals surface area contributed by atoms with Gasteiger partial charge in [-0.2, -0.15) is 13.2 Å². The Morgan fingerprint density at radius 1 is 1.31 bits per heavy atom. The summed E-state index contributed by atoms with van der Waals surface area (Å²) < 4.78 is 42.7. The van der Waals surface area contributed by atoms with Gasteiger partial charge >= 0.3 is 6.18 Å². The van der Waals surface area contributed by atoms with Crippen molar-refractivity contribution in [1.29, 1.82) is 0 Å². The lowest BCUT2D eigenvalue weighted by atomic mass is 10.1. The molecule has 6 nitrogen and oxygen atoms in total. The van der Waals surface area contributed by atoms with E-state index in [4.69, 9.17) is 4.52 Å². The molecule has 1 aliphatic heterocycles. The fraction of sp³-hybridized carbons (Fsp3) is 0.765. The number of alkyl halides is 3. The average Bonchev–Trinajstić information content (AvgIpc) is 3.19. The first-order valence-corrected chi connectivity index (χ1v) is 9.06. The molecule has 9 heteroatoms. The molecule has 0 bridgehead atoms. The third kappa shape index (κ3) is 5.89. The summed E-state index contributed by atoms with van der Waals surface area (Å²) in [7, 11) is 1.68. The number of likely N-dealkylation sites (tertiary alicyclic amines) is 1. The maximum absolute atomic E-state index is 12.5. The normalized spacial score (nSPS) is 19.2. The van der Waals surface area contributed by atoms with Crippen molar-refractivity contribution in [1.82, 2.24) is 20.7 Å². The first-order valence-electron chi connectivity index (χ1n) is 9.06. The van der Waals surface area contributed by atoms with Crippen molar-refractivity contribution in [3.05, 3.63) is 17.0 Å². The first-order chi connectivity index (χ1) is 12.4. The number of guanidine groups is 1. The molecule has 1 unspecified atom stereocenters. The van der Waals surface area contributed by atoms with Crippen LogP contribution in [-0.2, 0) is 19.4 Å². The Morgan fingerprint density at radius 3 is 2.69 bits per heavy atom. The topological polar surface area (TPSA) is 65.7 Å². The smallest absolute Gasteiger partial charge is 0.361 e. The van der Waals surface area contributed by atoms with Crippen LogP contribution in [0.4, 0.5) is 13.2 Å². The summed E-state index contributed by atoms with van der Waals surface area (Å²) in [4.78, 5) is 5.65. The van der Waals surface area contributed by atoms with Crippen molar-refractivity contribution >= 4 is 5.96 Å². The van der Waals surface area contributed by atoms with Crippen LogP contribution in [0.5, 0.6) is 0 Å². The number of hydrogen-bond donors (Lipinski definition) is 2. The summed E-state index contributed by atoms with van der Waals surface area (Å²) in [5.74, 6) is 1.68. The molecule has 1 saturated heterocycles. The molecule has 0 saturated carbocycles. The van der Waals surface area contributed by atoms with Gasteiger partial charge in [-0.1, -0.05) is 19.0 Å². The SMILES string of the molecule is CCc1noc(CC)c1CNC(=NC)NCC1CCN(CC(F)(F)F)C1. The molecular formula is C17H28F3N5O. The zero-order valence-electron chi connectivity index (χ0n) is 15.6. The van der Waals surface area contributed by atoms with Crippen LogP contribution < -0.4 is 10.6 Å². The van der Waals surface area contributed by atoms with E-state index >= 15 is 0 Å². The Bertz CT molecular complexity index is 578. The lowest BCUT2D eigenvalue weighted by Gasteiger charge is -2.18. The van der Waals surface area contributed by atoms with Crippen LogP contribution in [-0.4, -0.2) is 55.4 Å². The first kappa shape index (κ1) is 20.5. The zero-order valence-corrected chi connectivity index (χ0v) is 15.6. The minimum atomic E-state index is -4.13. The Balaban J connectivity index is 1.79. The van der Waals surface area contributed by atoms with Gasteiger partial charge in [0.05, 0.1) is 12.2 Å². The van der Waals surface area contributed by atoms with Crippen LogP contribution in [0.2, 0.25) is 0 Å². The van der Waals surface area contributed by atoms with E-state index in [1.807, 2.05) is 13.8 Å². The van der Waals surface area contributed by atoms with Gasteiger partial charge in [-0.05, 0) is 25.3 Å². The summed E-state index contributed by atoms with van der Waals surface area (Å²) in [6.07, 6.45) is -1.81. The monoisotopic (exact) mass is 375 g/mol. The predicted molar refractivity (Wildman–Crippen MR) is 94.1 cm³/mol. The molecule has 2 heterocycles. The molecule has 0 amide bonds. The van der Waals surface area contributed by atoms with E-state index in [9.17, 15) is 13.2 Å². The molecule has 148 valence electrons. The lowest BCUT2D eigenvalue weighted by Crippen LogP contribution is -2.40. The second-order valence-electron chi connectivity index (χ2n) is 6.55. The minimum absolute atomic E-state index is 0.184. The number of rotatable bonds is 7. The van der Waals surface area contributed by atoms with Crippen LogP contribution in [0.25, 0.3) is 0 Å². The van der Waals surface area contributed by atoms with Crippen LogP contribution in [0.3, 0.4) is 0 Å². The Morgan fingerprint density at radius 2 is 2.08 bits per heavy atom. The van der Waals surface area contributed by atoms with E-state index in [-0.39, 0.29) is 5.92 Å². The molecule has 1 aliphatic rings. The van der Waals surface area contributed by atoms with Crippen molar-refractivity contribution < 1.29 is 17.7 Å². The molecule has 2 rings (SSSR count). The van der Waals surface area contributed by atoms with Crippen molar-refractivity contribution in [3.63, 3.8) is 0 Å². The fourth-order valence-corrected chi connectivity index (χ4v) is 3.25.